The van der Waals surface area contributed by atoms with Crippen LogP contribution in [0.5, 0.6) is 0 Å². The molecule has 0 bridgehead atoms. The van der Waals surface area contributed by atoms with Gasteiger partial charge in [-0.15, -0.1) is 0 Å². The fourth-order valence-electron chi connectivity index (χ4n) is 2.78. The fourth-order valence-corrected chi connectivity index (χ4v) is 2.78. The molecule has 0 saturated carbocycles. The molecular weight excluding hydrogens is 236 g/mol. The minimum Gasteiger partial charge on any atom is -0.271 e. The van der Waals surface area contributed by atoms with Crippen LogP contribution >= 0.6 is 0 Å². The van der Waals surface area contributed by atoms with Crippen LogP contribution in [0.25, 0.3) is 0 Å². The number of rotatable bonds is 9. The van der Waals surface area contributed by atoms with E-state index in [1.165, 1.54) is 31.4 Å². The molecule has 3 N–H and O–H groups in total. The Kier molecular flexibility index (Phi) is 7.10. The molecule has 0 aliphatic carbocycles. The molecule has 1 aromatic heterocycles. The van der Waals surface area contributed by atoms with Crippen molar-refractivity contribution < 1.29 is 0 Å². The number of hydrazine groups is 1. The van der Waals surface area contributed by atoms with Crippen LogP contribution in [0.1, 0.15) is 57.8 Å². The molecule has 0 radical (unpaired) electrons. The average molecular weight is 266 g/mol. The molecule has 0 saturated heterocycles. The topological polar surface area (TPSA) is 55.9 Å². The number of unbranched alkanes of at least 4 members (excludes halogenated alkanes) is 1. The maximum atomic E-state index is 5.79. The van der Waals surface area contributed by atoms with Gasteiger partial charge in [0.15, 0.2) is 0 Å². The zero-order chi connectivity index (χ0) is 14.3. The summed E-state index contributed by atoms with van der Waals surface area (Å²) in [6.45, 7) is 9.61. The van der Waals surface area contributed by atoms with Crippen molar-refractivity contribution in [3.8, 4) is 0 Å². The summed E-state index contributed by atoms with van der Waals surface area (Å²) in [5.41, 5.74) is 5.41. The minimum atomic E-state index is 0.345. The summed E-state index contributed by atoms with van der Waals surface area (Å²) in [6, 6.07) is 2.53. The first-order valence-electron chi connectivity index (χ1n) is 7.65. The van der Waals surface area contributed by atoms with Crippen molar-refractivity contribution in [2.75, 3.05) is 0 Å². The maximum Gasteiger partial charge on any atom is 0.0596 e. The van der Waals surface area contributed by atoms with Crippen molar-refractivity contribution in [2.45, 2.75) is 72.4 Å². The molecule has 0 aliphatic rings. The Hall–Kier alpha value is -0.870. The van der Waals surface area contributed by atoms with Gasteiger partial charge < -0.3 is 0 Å². The van der Waals surface area contributed by atoms with E-state index in [0.29, 0.717) is 12.0 Å². The van der Waals surface area contributed by atoms with Crippen LogP contribution < -0.4 is 11.3 Å². The number of hydrogen-bond donors (Lipinski definition) is 2. The number of aryl methyl sites for hydroxylation is 2. The molecule has 0 aromatic carbocycles. The maximum absolute atomic E-state index is 5.79. The highest BCUT2D eigenvalue weighted by Crippen LogP contribution is 2.20. The molecule has 19 heavy (non-hydrogen) atoms. The van der Waals surface area contributed by atoms with E-state index in [1.807, 2.05) is 0 Å². The van der Waals surface area contributed by atoms with Crippen LogP contribution in [0.15, 0.2) is 6.07 Å². The number of nitrogens with one attached hydrogen (secondary N) is 1. The zero-order valence-electron chi connectivity index (χ0n) is 12.9. The van der Waals surface area contributed by atoms with E-state index in [0.717, 1.165) is 18.7 Å². The summed E-state index contributed by atoms with van der Waals surface area (Å²) >= 11 is 0. The minimum absolute atomic E-state index is 0.345. The Morgan fingerprint density at radius 2 is 2.11 bits per heavy atom. The summed E-state index contributed by atoms with van der Waals surface area (Å²) < 4.78 is 2.09. The van der Waals surface area contributed by atoms with Crippen molar-refractivity contribution in [3.05, 3.63) is 17.5 Å². The van der Waals surface area contributed by atoms with E-state index < -0.39 is 0 Å². The molecule has 1 heterocycles. The van der Waals surface area contributed by atoms with Crippen LogP contribution in [0, 0.1) is 12.8 Å². The third kappa shape index (κ3) is 4.62. The van der Waals surface area contributed by atoms with Crippen LogP contribution in [0.4, 0.5) is 0 Å². The zero-order valence-corrected chi connectivity index (χ0v) is 12.9. The standard InChI is InChI=1S/C15H30N4/c1-5-8-9-13(6-2)15(17-16)11-14-10-12(4)18-19(14)7-3/h10,13,15,17H,5-9,11,16H2,1-4H3. The Morgan fingerprint density at radius 1 is 1.37 bits per heavy atom. The molecule has 0 fully saturated rings. The summed E-state index contributed by atoms with van der Waals surface area (Å²) in [5.74, 6) is 6.43. The number of aromatic nitrogens is 2. The van der Waals surface area contributed by atoms with Gasteiger partial charge in [-0.2, -0.15) is 5.10 Å². The molecule has 0 spiro atoms. The molecule has 0 aliphatic heterocycles. The molecule has 4 nitrogen and oxygen atoms in total. The predicted molar refractivity (Wildman–Crippen MR) is 80.8 cm³/mol. The van der Waals surface area contributed by atoms with Gasteiger partial charge in [0, 0.05) is 24.7 Å². The van der Waals surface area contributed by atoms with Gasteiger partial charge in [-0.1, -0.05) is 33.1 Å². The second-order valence-electron chi connectivity index (χ2n) is 5.38. The first-order valence-corrected chi connectivity index (χ1v) is 7.65. The molecule has 2 atom stereocenters. The van der Waals surface area contributed by atoms with Crippen molar-refractivity contribution in [1.82, 2.24) is 15.2 Å². The molecule has 2 unspecified atom stereocenters. The Balaban J connectivity index is 2.73. The summed E-state index contributed by atoms with van der Waals surface area (Å²) in [4.78, 5) is 0. The molecule has 4 heteroatoms. The van der Waals surface area contributed by atoms with E-state index in [1.54, 1.807) is 0 Å². The summed E-state index contributed by atoms with van der Waals surface area (Å²) in [5, 5.41) is 4.51. The largest absolute Gasteiger partial charge is 0.271 e. The van der Waals surface area contributed by atoms with Crippen molar-refractivity contribution in [3.63, 3.8) is 0 Å². The highest BCUT2D eigenvalue weighted by molar-refractivity contribution is 5.10. The van der Waals surface area contributed by atoms with Crippen molar-refractivity contribution in [2.24, 2.45) is 11.8 Å². The first kappa shape index (κ1) is 16.2. The smallest absolute Gasteiger partial charge is 0.0596 e. The number of hydrogen-bond acceptors (Lipinski definition) is 3. The second-order valence-corrected chi connectivity index (χ2v) is 5.38. The van der Waals surface area contributed by atoms with Gasteiger partial charge in [-0.25, -0.2) is 0 Å². The van der Waals surface area contributed by atoms with Crippen molar-refractivity contribution in [1.29, 1.82) is 0 Å². The van der Waals surface area contributed by atoms with Crippen LogP contribution in [-0.4, -0.2) is 15.8 Å². The van der Waals surface area contributed by atoms with E-state index in [-0.39, 0.29) is 0 Å². The Labute approximate surface area is 117 Å². The predicted octanol–water partition coefficient (Wildman–Crippen LogP) is 2.80. The second kappa shape index (κ2) is 8.33. The quantitative estimate of drug-likeness (QED) is 0.534. The van der Waals surface area contributed by atoms with Gasteiger partial charge in [0.05, 0.1) is 5.69 Å². The lowest BCUT2D eigenvalue weighted by Crippen LogP contribution is -2.42. The van der Waals surface area contributed by atoms with E-state index in [4.69, 9.17) is 5.84 Å². The monoisotopic (exact) mass is 266 g/mol. The first-order chi connectivity index (χ1) is 9.15. The number of nitrogens with two attached hydrogens (primary N) is 1. The fraction of sp³-hybridized carbons (Fsp3) is 0.800. The van der Waals surface area contributed by atoms with Crippen LogP contribution in [0.3, 0.4) is 0 Å². The van der Waals surface area contributed by atoms with Gasteiger partial charge in [0.1, 0.15) is 0 Å². The Morgan fingerprint density at radius 3 is 2.63 bits per heavy atom. The summed E-state index contributed by atoms with van der Waals surface area (Å²) in [6.07, 6.45) is 5.92. The van der Waals surface area contributed by atoms with Crippen LogP contribution in [-0.2, 0) is 13.0 Å². The lowest BCUT2D eigenvalue weighted by molar-refractivity contribution is 0.313. The molecule has 1 aromatic rings. The van der Waals surface area contributed by atoms with E-state index in [9.17, 15) is 0 Å². The van der Waals surface area contributed by atoms with Gasteiger partial charge in [-0.05, 0) is 32.3 Å². The van der Waals surface area contributed by atoms with Gasteiger partial charge in [0.2, 0.25) is 0 Å². The molecular formula is C15H30N4. The molecule has 1 rings (SSSR count). The normalized spacial score (nSPS) is 14.6. The highest BCUT2D eigenvalue weighted by atomic mass is 15.3. The lowest BCUT2D eigenvalue weighted by Gasteiger charge is -2.25. The number of nitrogens with zero attached hydrogens (tertiary/aromatic N) is 2. The van der Waals surface area contributed by atoms with Gasteiger partial charge in [0.25, 0.3) is 0 Å². The van der Waals surface area contributed by atoms with Crippen molar-refractivity contribution >= 4 is 0 Å². The average Bonchev–Trinajstić information content (AvgIpc) is 2.78. The lowest BCUT2D eigenvalue weighted by atomic mass is 9.89. The SMILES string of the molecule is CCCCC(CC)C(Cc1cc(C)nn1CC)NN. The molecule has 0 amide bonds. The van der Waals surface area contributed by atoms with Crippen LogP contribution in [0.2, 0.25) is 0 Å². The van der Waals surface area contributed by atoms with Gasteiger partial charge >= 0.3 is 0 Å². The van der Waals surface area contributed by atoms with E-state index in [2.05, 4.69) is 49.0 Å². The third-order valence-electron chi connectivity index (χ3n) is 3.95. The highest BCUT2D eigenvalue weighted by Gasteiger charge is 2.20. The van der Waals surface area contributed by atoms with E-state index >= 15 is 0 Å². The summed E-state index contributed by atoms with van der Waals surface area (Å²) in [7, 11) is 0. The third-order valence-corrected chi connectivity index (χ3v) is 3.95. The van der Waals surface area contributed by atoms with Gasteiger partial charge in [-0.3, -0.25) is 16.0 Å². The molecule has 110 valence electrons. The Bertz CT molecular complexity index is 359.